The minimum atomic E-state index is -4.61. The van der Waals surface area contributed by atoms with Crippen LogP contribution in [-0.2, 0) is 12.7 Å². The number of aromatic nitrogens is 2. The van der Waals surface area contributed by atoms with E-state index in [0.29, 0.717) is 16.9 Å². The smallest absolute Gasteiger partial charge is 0.321 e. The molecule has 4 rings (SSSR count). The van der Waals surface area contributed by atoms with Crippen LogP contribution in [0, 0.1) is 6.92 Å². The Hall–Kier alpha value is -3.46. The zero-order valence-electron chi connectivity index (χ0n) is 16.2. The first-order valence-corrected chi connectivity index (χ1v) is 10.1. The van der Waals surface area contributed by atoms with Crippen molar-refractivity contribution in [1.82, 2.24) is 9.55 Å². The highest BCUT2D eigenvalue weighted by atomic mass is 32.1. The van der Waals surface area contributed by atoms with Crippen molar-refractivity contribution >= 4 is 33.1 Å². The molecule has 4 aromatic rings. The lowest BCUT2D eigenvalue weighted by Crippen LogP contribution is -2.21. The molecule has 0 fully saturated rings. The Morgan fingerprint density at radius 3 is 2.48 bits per heavy atom. The van der Waals surface area contributed by atoms with Crippen molar-refractivity contribution in [2.24, 2.45) is 0 Å². The van der Waals surface area contributed by atoms with Crippen LogP contribution in [0.4, 0.5) is 18.9 Å². The van der Waals surface area contributed by atoms with E-state index in [4.69, 9.17) is 0 Å². The number of halogens is 3. The summed E-state index contributed by atoms with van der Waals surface area (Å²) in [7, 11) is 0. The molecule has 0 saturated carbocycles. The molecule has 31 heavy (non-hydrogen) atoms. The molecule has 0 bridgehead atoms. The normalized spacial score (nSPS) is 11.6. The van der Waals surface area contributed by atoms with Crippen molar-refractivity contribution < 1.29 is 18.0 Å². The molecule has 0 aliphatic carbocycles. The van der Waals surface area contributed by atoms with Gasteiger partial charge in [0.25, 0.3) is 11.5 Å². The third-order valence-electron chi connectivity index (χ3n) is 4.80. The van der Waals surface area contributed by atoms with Gasteiger partial charge in [0.2, 0.25) is 0 Å². The van der Waals surface area contributed by atoms with Gasteiger partial charge in [0.05, 0.1) is 34.4 Å². The molecule has 0 radical (unpaired) electrons. The first-order chi connectivity index (χ1) is 14.8. The van der Waals surface area contributed by atoms with Crippen molar-refractivity contribution in [3.8, 4) is 0 Å². The van der Waals surface area contributed by atoms with E-state index in [-0.39, 0.29) is 21.5 Å². The van der Waals surface area contributed by atoms with Crippen LogP contribution >= 0.6 is 11.3 Å². The van der Waals surface area contributed by atoms with Crippen LogP contribution in [0.1, 0.15) is 26.4 Å². The molecule has 9 heteroatoms. The number of carbonyl (C=O) groups is 1. The number of amides is 1. The number of anilines is 1. The average molecular weight is 443 g/mol. The maximum Gasteiger partial charge on any atom is 0.418 e. The first kappa shape index (κ1) is 20.8. The van der Waals surface area contributed by atoms with Crippen molar-refractivity contribution in [2.45, 2.75) is 19.6 Å². The minimum absolute atomic E-state index is 0.147. The molecule has 0 unspecified atom stereocenters. The molecule has 2 aromatic carbocycles. The monoisotopic (exact) mass is 443 g/mol. The number of para-hydroxylation sites is 1. The summed E-state index contributed by atoms with van der Waals surface area (Å²) in [6.45, 7) is 1.91. The molecule has 1 amide bonds. The first-order valence-electron chi connectivity index (χ1n) is 9.25. The molecular formula is C22H16F3N3O2S. The highest BCUT2D eigenvalue weighted by Crippen LogP contribution is 2.35. The number of carbonyl (C=O) groups excluding carboxylic acids is 1. The molecule has 0 aliphatic rings. The van der Waals surface area contributed by atoms with E-state index in [0.717, 1.165) is 23.0 Å². The Bertz CT molecular complexity index is 1330. The Morgan fingerprint density at radius 1 is 1.10 bits per heavy atom. The van der Waals surface area contributed by atoms with Crippen molar-refractivity contribution in [1.29, 1.82) is 0 Å². The average Bonchev–Trinajstić information content (AvgIpc) is 3.08. The number of alkyl halides is 3. The van der Waals surface area contributed by atoms with Crippen LogP contribution in [0.15, 0.2) is 65.7 Å². The van der Waals surface area contributed by atoms with Gasteiger partial charge in [0, 0.05) is 0 Å². The van der Waals surface area contributed by atoms with E-state index in [9.17, 15) is 22.8 Å². The molecule has 2 aromatic heterocycles. The number of benzene rings is 2. The zero-order chi connectivity index (χ0) is 22.2. The van der Waals surface area contributed by atoms with E-state index < -0.39 is 17.6 Å². The summed E-state index contributed by atoms with van der Waals surface area (Å²) in [6.07, 6.45) is -3.19. The van der Waals surface area contributed by atoms with E-state index in [1.165, 1.54) is 29.1 Å². The van der Waals surface area contributed by atoms with Crippen LogP contribution in [0.25, 0.3) is 10.2 Å². The Morgan fingerprint density at radius 2 is 1.77 bits per heavy atom. The molecule has 0 atom stereocenters. The molecule has 0 aliphatic heterocycles. The lowest BCUT2D eigenvalue weighted by molar-refractivity contribution is -0.136. The molecule has 2 heterocycles. The van der Waals surface area contributed by atoms with Crippen molar-refractivity contribution in [2.75, 3.05) is 5.32 Å². The number of rotatable bonds is 4. The number of aryl methyl sites for hydroxylation is 1. The van der Waals surface area contributed by atoms with Crippen molar-refractivity contribution in [3.05, 3.63) is 92.8 Å². The molecule has 5 nitrogen and oxygen atoms in total. The number of fused-ring (bicyclic) bond motifs is 1. The molecule has 0 saturated heterocycles. The third-order valence-corrected chi connectivity index (χ3v) is 6.00. The summed E-state index contributed by atoms with van der Waals surface area (Å²) < 4.78 is 41.1. The van der Waals surface area contributed by atoms with Gasteiger partial charge in [0.15, 0.2) is 0 Å². The van der Waals surface area contributed by atoms with Gasteiger partial charge >= 0.3 is 6.18 Å². The SMILES string of the molecule is Cc1c(C(=O)Nc2ccccc2C(F)(F)F)sc2ncn(Cc3ccccc3)c(=O)c12. The van der Waals surface area contributed by atoms with Gasteiger partial charge in [-0.3, -0.25) is 14.2 Å². The standard InChI is InChI=1S/C22H16F3N3O2S/c1-13-17-20(26-12-28(21(17)30)11-14-7-3-2-4-8-14)31-18(13)19(29)27-16-10-6-5-9-15(16)22(23,24)25/h2-10,12H,11H2,1H3,(H,27,29). The summed E-state index contributed by atoms with van der Waals surface area (Å²) in [5, 5.41) is 2.61. The van der Waals surface area contributed by atoms with Gasteiger partial charge < -0.3 is 5.32 Å². The summed E-state index contributed by atoms with van der Waals surface area (Å²) in [5.74, 6) is -0.716. The van der Waals surface area contributed by atoms with E-state index >= 15 is 0 Å². The number of nitrogens with zero attached hydrogens (tertiary/aromatic N) is 2. The fourth-order valence-corrected chi connectivity index (χ4v) is 4.32. The summed E-state index contributed by atoms with van der Waals surface area (Å²) in [5.41, 5.74) is -0.281. The number of hydrogen-bond acceptors (Lipinski definition) is 4. The van der Waals surface area contributed by atoms with Crippen LogP contribution in [-0.4, -0.2) is 15.5 Å². The predicted molar refractivity (Wildman–Crippen MR) is 114 cm³/mol. The van der Waals surface area contributed by atoms with Crippen LogP contribution in [0.2, 0.25) is 0 Å². The largest absolute Gasteiger partial charge is 0.418 e. The summed E-state index contributed by atoms with van der Waals surface area (Å²) >= 11 is 0.976. The summed E-state index contributed by atoms with van der Waals surface area (Å²) in [6, 6.07) is 14.1. The minimum Gasteiger partial charge on any atom is -0.321 e. The van der Waals surface area contributed by atoms with Gasteiger partial charge in [-0.25, -0.2) is 4.98 Å². The molecule has 1 N–H and O–H groups in total. The second-order valence-electron chi connectivity index (χ2n) is 6.90. The van der Waals surface area contributed by atoms with Crippen LogP contribution in [0.5, 0.6) is 0 Å². The molecule has 158 valence electrons. The lowest BCUT2D eigenvalue weighted by atomic mass is 10.1. The molecular weight excluding hydrogens is 427 g/mol. The van der Waals surface area contributed by atoms with Gasteiger partial charge in [-0.1, -0.05) is 42.5 Å². The highest BCUT2D eigenvalue weighted by Gasteiger charge is 2.34. The van der Waals surface area contributed by atoms with Gasteiger partial charge in [-0.2, -0.15) is 13.2 Å². The number of thiophene rings is 1. The Balaban J connectivity index is 1.70. The van der Waals surface area contributed by atoms with E-state index in [2.05, 4.69) is 10.3 Å². The van der Waals surface area contributed by atoms with E-state index in [1.807, 2.05) is 30.3 Å². The Labute approximate surface area is 178 Å². The second kappa shape index (κ2) is 7.99. The maximum atomic E-state index is 13.2. The third kappa shape index (κ3) is 4.09. The number of nitrogens with one attached hydrogen (secondary N) is 1. The van der Waals surface area contributed by atoms with Crippen molar-refractivity contribution in [3.63, 3.8) is 0 Å². The topological polar surface area (TPSA) is 64.0 Å². The van der Waals surface area contributed by atoms with Crippen LogP contribution in [0.3, 0.4) is 0 Å². The fraction of sp³-hybridized carbons (Fsp3) is 0.136. The Kier molecular flexibility index (Phi) is 5.36. The highest BCUT2D eigenvalue weighted by molar-refractivity contribution is 7.20. The lowest BCUT2D eigenvalue weighted by Gasteiger charge is -2.13. The summed E-state index contributed by atoms with van der Waals surface area (Å²) in [4.78, 5) is 30.5. The number of hydrogen-bond donors (Lipinski definition) is 1. The quantitative estimate of drug-likeness (QED) is 0.478. The predicted octanol–water partition coefficient (Wildman–Crippen LogP) is 5.09. The molecule has 0 spiro atoms. The second-order valence-corrected chi connectivity index (χ2v) is 7.90. The maximum absolute atomic E-state index is 13.2. The van der Waals surface area contributed by atoms with Crippen LogP contribution < -0.4 is 10.9 Å². The van der Waals surface area contributed by atoms with E-state index in [1.54, 1.807) is 6.92 Å². The van der Waals surface area contributed by atoms with Gasteiger partial charge in [-0.15, -0.1) is 11.3 Å². The van der Waals surface area contributed by atoms with Gasteiger partial charge in [-0.05, 0) is 30.2 Å². The fourth-order valence-electron chi connectivity index (χ4n) is 3.29. The van der Waals surface area contributed by atoms with Gasteiger partial charge in [0.1, 0.15) is 4.83 Å². The zero-order valence-corrected chi connectivity index (χ0v) is 17.1.